The molecule has 0 radical (unpaired) electrons. The molecule has 6 nitrogen and oxygen atoms in total. The fourth-order valence-electron chi connectivity index (χ4n) is 2.92. The molecule has 0 spiro atoms. The largest absolute Gasteiger partial charge is 0.435 e. The van der Waals surface area contributed by atoms with Crippen molar-refractivity contribution >= 4 is 5.91 Å². The summed E-state index contributed by atoms with van der Waals surface area (Å²) in [4.78, 5) is 21.2. The molecule has 2 N–H and O–H groups in total. The van der Waals surface area contributed by atoms with Gasteiger partial charge in [0.2, 0.25) is 5.76 Å². The lowest BCUT2D eigenvalue weighted by Crippen LogP contribution is -2.41. The highest BCUT2D eigenvalue weighted by molar-refractivity contribution is 5.92. The number of carbonyl (C=O) groups is 1. The van der Waals surface area contributed by atoms with E-state index in [1.807, 2.05) is 25.1 Å². The van der Waals surface area contributed by atoms with E-state index in [1.165, 1.54) is 0 Å². The predicted octanol–water partition coefficient (Wildman–Crippen LogP) is 2.18. The number of hydrogen-bond acceptors (Lipinski definition) is 5. The van der Waals surface area contributed by atoms with Gasteiger partial charge in [0.25, 0.3) is 5.91 Å². The maximum absolute atomic E-state index is 12.6. The van der Waals surface area contributed by atoms with Crippen molar-refractivity contribution in [1.82, 2.24) is 15.3 Å². The van der Waals surface area contributed by atoms with Gasteiger partial charge in [-0.25, -0.2) is 4.98 Å². The zero-order valence-electron chi connectivity index (χ0n) is 13.3. The fraction of sp³-hybridized carbons (Fsp3) is 0.471. The Hall–Kier alpha value is -2.21. The van der Waals surface area contributed by atoms with Gasteiger partial charge in [0.15, 0.2) is 5.89 Å². The number of carbonyl (C=O) groups excluding carboxylic acids is 1. The van der Waals surface area contributed by atoms with Crippen LogP contribution in [0.2, 0.25) is 0 Å². The van der Waals surface area contributed by atoms with Gasteiger partial charge in [0.05, 0.1) is 23.5 Å². The normalized spacial score (nSPS) is 21.5. The molecule has 1 saturated carbocycles. The van der Waals surface area contributed by atoms with Gasteiger partial charge in [0, 0.05) is 12.6 Å². The van der Waals surface area contributed by atoms with Crippen molar-refractivity contribution in [2.45, 2.75) is 45.3 Å². The second-order valence-corrected chi connectivity index (χ2v) is 5.97. The van der Waals surface area contributed by atoms with Crippen LogP contribution in [0.5, 0.6) is 0 Å². The molecule has 1 aliphatic carbocycles. The quantitative estimate of drug-likeness (QED) is 0.883. The summed E-state index contributed by atoms with van der Waals surface area (Å²) in [5, 5.41) is 12.6. The van der Waals surface area contributed by atoms with E-state index in [0.29, 0.717) is 30.8 Å². The van der Waals surface area contributed by atoms with Crippen molar-refractivity contribution in [3.05, 3.63) is 47.4 Å². The highest BCUT2D eigenvalue weighted by Crippen LogP contribution is 2.37. The molecule has 0 saturated heterocycles. The first-order valence-electron chi connectivity index (χ1n) is 7.94. The summed E-state index contributed by atoms with van der Waals surface area (Å²) in [5.74, 6) is 0.702. The SMILES string of the molecule is CCc1nc(C)c(C(=O)N[C@@H](c2ccccn2)C2CC(O)C2)o1. The van der Waals surface area contributed by atoms with E-state index in [1.54, 1.807) is 13.1 Å². The maximum Gasteiger partial charge on any atom is 0.289 e. The summed E-state index contributed by atoms with van der Waals surface area (Å²) in [6, 6.07) is 5.39. The molecule has 6 heteroatoms. The third-order valence-electron chi connectivity index (χ3n) is 4.26. The van der Waals surface area contributed by atoms with Gasteiger partial charge in [0.1, 0.15) is 0 Å². The van der Waals surface area contributed by atoms with E-state index in [4.69, 9.17) is 4.42 Å². The minimum absolute atomic E-state index is 0.178. The van der Waals surface area contributed by atoms with Crippen molar-refractivity contribution in [3.63, 3.8) is 0 Å². The van der Waals surface area contributed by atoms with Crippen molar-refractivity contribution in [2.75, 3.05) is 0 Å². The van der Waals surface area contributed by atoms with Crippen molar-refractivity contribution < 1.29 is 14.3 Å². The van der Waals surface area contributed by atoms with Crippen LogP contribution in [0.25, 0.3) is 0 Å². The van der Waals surface area contributed by atoms with Crippen LogP contribution in [0.3, 0.4) is 0 Å². The Labute approximate surface area is 135 Å². The summed E-state index contributed by atoms with van der Waals surface area (Å²) in [7, 11) is 0. The van der Waals surface area contributed by atoms with Gasteiger partial charge in [-0.1, -0.05) is 13.0 Å². The van der Waals surface area contributed by atoms with E-state index in [0.717, 1.165) is 5.69 Å². The molecule has 2 heterocycles. The summed E-state index contributed by atoms with van der Waals surface area (Å²) < 4.78 is 5.52. The predicted molar refractivity (Wildman–Crippen MR) is 83.8 cm³/mol. The first-order valence-corrected chi connectivity index (χ1v) is 7.94. The number of oxazole rings is 1. The first kappa shape index (κ1) is 15.7. The lowest BCUT2D eigenvalue weighted by atomic mass is 9.76. The van der Waals surface area contributed by atoms with Crippen LogP contribution in [0, 0.1) is 12.8 Å². The van der Waals surface area contributed by atoms with Gasteiger partial charge in [-0.3, -0.25) is 9.78 Å². The summed E-state index contributed by atoms with van der Waals surface area (Å²) in [5.41, 5.74) is 1.39. The monoisotopic (exact) mass is 315 g/mol. The van der Waals surface area contributed by atoms with Crippen LogP contribution in [0.4, 0.5) is 0 Å². The van der Waals surface area contributed by atoms with E-state index in [9.17, 15) is 9.90 Å². The Kier molecular flexibility index (Phi) is 4.43. The average molecular weight is 315 g/mol. The second kappa shape index (κ2) is 6.50. The topological polar surface area (TPSA) is 88.2 Å². The Balaban J connectivity index is 1.80. The number of amides is 1. The van der Waals surface area contributed by atoms with E-state index < -0.39 is 0 Å². The number of aromatic nitrogens is 2. The maximum atomic E-state index is 12.6. The lowest BCUT2D eigenvalue weighted by Gasteiger charge is -2.37. The second-order valence-electron chi connectivity index (χ2n) is 5.97. The number of aliphatic hydroxyl groups is 1. The molecular formula is C17H21N3O3. The Morgan fingerprint density at radius 1 is 1.48 bits per heavy atom. The smallest absolute Gasteiger partial charge is 0.289 e. The van der Waals surface area contributed by atoms with Gasteiger partial charge in [-0.2, -0.15) is 0 Å². The number of aryl methyl sites for hydroxylation is 2. The Morgan fingerprint density at radius 3 is 2.83 bits per heavy atom. The molecule has 1 atom stereocenters. The van der Waals surface area contributed by atoms with Crippen LogP contribution in [-0.2, 0) is 6.42 Å². The standard InChI is InChI=1S/C17H21N3O3/c1-3-14-19-10(2)16(23-14)17(22)20-15(11-8-12(21)9-11)13-6-4-5-7-18-13/h4-7,11-12,15,21H,3,8-9H2,1-2H3,(H,20,22)/t11?,12?,15-/m1/s1. The minimum atomic E-state index is -0.290. The third-order valence-corrected chi connectivity index (χ3v) is 4.26. The number of rotatable bonds is 5. The molecule has 1 fully saturated rings. The van der Waals surface area contributed by atoms with Crippen molar-refractivity contribution in [1.29, 1.82) is 0 Å². The highest BCUT2D eigenvalue weighted by Gasteiger charge is 2.37. The highest BCUT2D eigenvalue weighted by atomic mass is 16.4. The summed E-state index contributed by atoms with van der Waals surface area (Å²) >= 11 is 0. The van der Waals surface area contributed by atoms with Crippen LogP contribution >= 0.6 is 0 Å². The van der Waals surface area contributed by atoms with Gasteiger partial charge in [-0.05, 0) is 37.8 Å². The Morgan fingerprint density at radius 2 is 2.26 bits per heavy atom. The molecule has 122 valence electrons. The van der Waals surface area contributed by atoms with Gasteiger partial charge < -0.3 is 14.8 Å². The lowest BCUT2D eigenvalue weighted by molar-refractivity contribution is 0.0225. The van der Waals surface area contributed by atoms with E-state index in [2.05, 4.69) is 15.3 Å². The molecule has 0 aromatic carbocycles. The van der Waals surface area contributed by atoms with Crippen LogP contribution < -0.4 is 5.32 Å². The molecule has 3 rings (SSSR count). The minimum Gasteiger partial charge on any atom is -0.435 e. The molecule has 0 bridgehead atoms. The number of pyridine rings is 1. The Bertz CT molecular complexity index is 678. The average Bonchev–Trinajstić information content (AvgIpc) is 2.92. The van der Waals surface area contributed by atoms with Crippen LogP contribution in [-0.4, -0.2) is 27.1 Å². The number of aliphatic hydroxyl groups excluding tert-OH is 1. The van der Waals surface area contributed by atoms with E-state index in [-0.39, 0.29) is 29.7 Å². The first-order chi connectivity index (χ1) is 11.1. The molecule has 2 aromatic heterocycles. The summed E-state index contributed by atoms with van der Waals surface area (Å²) in [6.45, 7) is 3.69. The number of hydrogen-bond donors (Lipinski definition) is 2. The third kappa shape index (κ3) is 3.27. The van der Waals surface area contributed by atoms with Crippen LogP contribution in [0.1, 0.15) is 53.6 Å². The fourth-order valence-corrected chi connectivity index (χ4v) is 2.92. The molecule has 1 aliphatic rings. The molecule has 23 heavy (non-hydrogen) atoms. The molecule has 1 amide bonds. The van der Waals surface area contributed by atoms with Crippen LogP contribution in [0.15, 0.2) is 28.8 Å². The number of nitrogens with one attached hydrogen (secondary N) is 1. The van der Waals surface area contributed by atoms with E-state index >= 15 is 0 Å². The van der Waals surface area contributed by atoms with Crippen molar-refractivity contribution in [2.24, 2.45) is 5.92 Å². The van der Waals surface area contributed by atoms with Gasteiger partial charge >= 0.3 is 0 Å². The molecule has 2 aromatic rings. The van der Waals surface area contributed by atoms with Gasteiger partial charge in [-0.15, -0.1) is 0 Å². The zero-order valence-corrected chi connectivity index (χ0v) is 13.3. The summed E-state index contributed by atoms with van der Waals surface area (Å²) in [6.07, 6.45) is 3.39. The molecular weight excluding hydrogens is 294 g/mol. The number of nitrogens with zero attached hydrogens (tertiary/aromatic N) is 2. The van der Waals surface area contributed by atoms with Crippen molar-refractivity contribution in [3.8, 4) is 0 Å². The zero-order chi connectivity index (χ0) is 16.4. The molecule has 0 unspecified atom stereocenters. The molecule has 0 aliphatic heterocycles.